The average molecular weight is 251 g/mol. The maximum absolute atomic E-state index is 11.8. The van der Waals surface area contributed by atoms with Gasteiger partial charge in [0.2, 0.25) is 5.91 Å². The number of rotatable bonds is 4. The van der Waals surface area contributed by atoms with Crippen LogP contribution in [0.3, 0.4) is 0 Å². The second-order valence-electron chi connectivity index (χ2n) is 3.92. The van der Waals surface area contributed by atoms with Gasteiger partial charge in [-0.25, -0.2) is 4.98 Å². The van der Waals surface area contributed by atoms with E-state index in [0.717, 1.165) is 0 Å². The van der Waals surface area contributed by atoms with Gasteiger partial charge in [0.25, 0.3) is 5.91 Å². The summed E-state index contributed by atoms with van der Waals surface area (Å²) in [7, 11) is 1.66. The number of carbonyl (C=O) groups is 2. The van der Waals surface area contributed by atoms with Crippen molar-refractivity contribution in [2.75, 3.05) is 13.6 Å². The normalized spacial score (nSPS) is 11.7. The van der Waals surface area contributed by atoms with Crippen LogP contribution in [-0.2, 0) is 4.79 Å². The minimum absolute atomic E-state index is 0.0868. The van der Waals surface area contributed by atoms with Crippen molar-refractivity contribution in [2.45, 2.75) is 19.9 Å². The van der Waals surface area contributed by atoms with E-state index in [-0.39, 0.29) is 17.4 Å². The number of nitrogens with one attached hydrogen (secondary N) is 1. The molecule has 0 saturated carbocycles. The minimum Gasteiger partial charge on any atom is -0.505 e. The second-order valence-corrected chi connectivity index (χ2v) is 3.92. The Hall–Kier alpha value is -2.11. The summed E-state index contributed by atoms with van der Waals surface area (Å²) in [6, 6.07) is 2.22. The summed E-state index contributed by atoms with van der Waals surface area (Å²) in [5.74, 6) is -0.974. The lowest BCUT2D eigenvalue weighted by atomic mass is 10.2. The van der Waals surface area contributed by atoms with Gasteiger partial charge in [0.15, 0.2) is 5.69 Å². The standard InChI is InChI=1S/C12H17N3O3/c1-4-15(3)12(18)8(2)14-11(17)10-9(16)6-5-7-13-10/h5-8,16H,4H2,1-3H3,(H,14,17). The van der Waals surface area contributed by atoms with Crippen molar-refractivity contribution in [1.29, 1.82) is 0 Å². The molecule has 0 aliphatic carbocycles. The van der Waals surface area contributed by atoms with Gasteiger partial charge in [-0.2, -0.15) is 0 Å². The molecule has 0 fully saturated rings. The Morgan fingerprint density at radius 3 is 2.78 bits per heavy atom. The first-order chi connectivity index (χ1) is 8.47. The molecule has 0 aliphatic rings. The lowest BCUT2D eigenvalue weighted by Gasteiger charge is -2.20. The number of pyridine rings is 1. The van der Waals surface area contributed by atoms with E-state index in [1.807, 2.05) is 6.92 Å². The van der Waals surface area contributed by atoms with Crippen LogP contribution in [0.1, 0.15) is 24.3 Å². The van der Waals surface area contributed by atoms with Gasteiger partial charge in [-0.15, -0.1) is 0 Å². The zero-order valence-electron chi connectivity index (χ0n) is 10.7. The Balaban J connectivity index is 2.71. The number of hydrogen-bond donors (Lipinski definition) is 2. The number of aromatic nitrogens is 1. The first-order valence-electron chi connectivity index (χ1n) is 5.67. The fourth-order valence-corrected chi connectivity index (χ4v) is 1.38. The van der Waals surface area contributed by atoms with Gasteiger partial charge in [-0.3, -0.25) is 9.59 Å². The Labute approximate surface area is 106 Å². The lowest BCUT2D eigenvalue weighted by molar-refractivity contribution is -0.131. The molecule has 0 bridgehead atoms. The lowest BCUT2D eigenvalue weighted by Crippen LogP contribution is -2.45. The van der Waals surface area contributed by atoms with Crippen molar-refractivity contribution >= 4 is 11.8 Å². The molecule has 0 saturated heterocycles. The molecule has 6 nitrogen and oxygen atoms in total. The topological polar surface area (TPSA) is 82.5 Å². The highest BCUT2D eigenvalue weighted by molar-refractivity contribution is 5.97. The van der Waals surface area contributed by atoms with E-state index in [0.29, 0.717) is 6.54 Å². The number of nitrogens with zero attached hydrogens (tertiary/aromatic N) is 2. The predicted octanol–water partition coefficient (Wildman–Crippen LogP) is 0.384. The molecule has 2 N–H and O–H groups in total. The third-order valence-corrected chi connectivity index (χ3v) is 2.57. The largest absolute Gasteiger partial charge is 0.505 e. The molecular formula is C12H17N3O3. The quantitative estimate of drug-likeness (QED) is 0.810. The molecule has 1 atom stereocenters. The van der Waals surface area contributed by atoms with Crippen molar-refractivity contribution in [3.63, 3.8) is 0 Å². The number of amides is 2. The highest BCUT2D eigenvalue weighted by Crippen LogP contribution is 2.12. The van der Waals surface area contributed by atoms with Crippen LogP contribution in [-0.4, -0.2) is 46.4 Å². The van der Waals surface area contributed by atoms with Crippen LogP contribution in [0.4, 0.5) is 0 Å². The molecule has 1 aromatic rings. The Bertz CT molecular complexity index is 448. The highest BCUT2D eigenvalue weighted by Gasteiger charge is 2.21. The van der Waals surface area contributed by atoms with Gasteiger partial charge in [0.1, 0.15) is 11.8 Å². The van der Waals surface area contributed by atoms with E-state index in [1.165, 1.54) is 23.2 Å². The Morgan fingerprint density at radius 2 is 2.22 bits per heavy atom. The maximum atomic E-state index is 11.8. The molecule has 0 aromatic carbocycles. The molecule has 18 heavy (non-hydrogen) atoms. The van der Waals surface area contributed by atoms with Gasteiger partial charge in [-0.1, -0.05) is 0 Å². The molecule has 98 valence electrons. The van der Waals surface area contributed by atoms with Gasteiger partial charge in [0.05, 0.1) is 0 Å². The average Bonchev–Trinajstić information content (AvgIpc) is 2.37. The van der Waals surface area contributed by atoms with Crippen molar-refractivity contribution in [1.82, 2.24) is 15.2 Å². The first-order valence-corrected chi connectivity index (χ1v) is 5.67. The first kappa shape index (κ1) is 14.0. The molecule has 1 unspecified atom stereocenters. The summed E-state index contributed by atoms with van der Waals surface area (Å²) in [6.45, 7) is 4.00. The molecule has 0 radical (unpaired) electrons. The monoisotopic (exact) mass is 251 g/mol. The summed E-state index contributed by atoms with van der Waals surface area (Å²) in [5, 5.41) is 12.0. The van der Waals surface area contributed by atoms with Gasteiger partial charge >= 0.3 is 0 Å². The van der Waals surface area contributed by atoms with Crippen LogP contribution < -0.4 is 5.32 Å². The van der Waals surface area contributed by atoms with Crippen LogP contribution in [0, 0.1) is 0 Å². The SMILES string of the molecule is CCN(C)C(=O)C(C)NC(=O)c1ncccc1O. The molecule has 0 aliphatic heterocycles. The molecule has 1 heterocycles. The molecule has 0 spiro atoms. The molecule has 1 aromatic heterocycles. The predicted molar refractivity (Wildman–Crippen MR) is 66.1 cm³/mol. The van der Waals surface area contributed by atoms with Gasteiger partial charge in [-0.05, 0) is 26.0 Å². The molecular weight excluding hydrogens is 234 g/mol. The van der Waals surface area contributed by atoms with Crippen molar-refractivity contribution < 1.29 is 14.7 Å². The van der Waals surface area contributed by atoms with E-state index in [2.05, 4.69) is 10.3 Å². The van der Waals surface area contributed by atoms with E-state index < -0.39 is 11.9 Å². The third-order valence-electron chi connectivity index (χ3n) is 2.57. The van der Waals surface area contributed by atoms with Crippen molar-refractivity contribution in [2.24, 2.45) is 0 Å². The third kappa shape index (κ3) is 3.19. The van der Waals surface area contributed by atoms with E-state index in [4.69, 9.17) is 0 Å². The van der Waals surface area contributed by atoms with Gasteiger partial charge < -0.3 is 15.3 Å². The van der Waals surface area contributed by atoms with Gasteiger partial charge in [0, 0.05) is 19.8 Å². The molecule has 6 heteroatoms. The maximum Gasteiger partial charge on any atom is 0.274 e. The van der Waals surface area contributed by atoms with E-state index >= 15 is 0 Å². The van der Waals surface area contributed by atoms with Crippen molar-refractivity contribution in [3.8, 4) is 5.75 Å². The number of hydrogen-bond acceptors (Lipinski definition) is 4. The van der Waals surface area contributed by atoms with Crippen LogP contribution >= 0.6 is 0 Å². The Kier molecular flexibility index (Phi) is 4.65. The number of carbonyl (C=O) groups excluding carboxylic acids is 2. The summed E-state index contributed by atoms with van der Waals surface area (Å²) in [6.07, 6.45) is 1.40. The summed E-state index contributed by atoms with van der Waals surface area (Å²) >= 11 is 0. The summed E-state index contributed by atoms with van der Waals surface area (Å²) in [4.78, 5) is 28.8. The number of likely N-dealkylation sites (N-methyl/N-ethyl adjacent to an activating group) is 1. The number of aromatic hydroxyl groups is 1. The Morgan fingerprint density at radius 1 is 1.56 bits per heavy atom. The van der Waals surface area contributed by atoms with Crippen LogP contribution in [0.5, 0.6) is 5.75 Å². The summed E-state index contributed by atoms with van der Waals surface area (Å²) < 4.78 is 0. The van der Waals surface area contributed by atoms with Crippen LogP contribution in [0.2, 0.25) is 0 Å². The molecule has 2 amide bonds. The summed E-state index contributed by atoms with van der Waals surface area (Å²) in [5.41, 5.74) is -0.0868. The highest BCUT2D eigenvalue weighted by atomic mass is 16.3. The van der Waals surface area contributed by atoms with Crippen molar-refractivity contribution in [3.05, 3.63) is 24.0 Å². The minimum atomic E-state index is -0.663. The fourth-order valence-electron chi connectivity index (χ4n) is 1.38. The fraction of sp³-hybridized carbons (Fsp3) is 0.417. The molecule has 1 rings (SSSR count). The van der Waals surface area contributed by atoms with Crippen LogP contribution in [0.25, 0.3) is 0 Å². The van der Waals surface area contributed by atoms with E-state index in [1.54, 1.807) is 14.0 Å². The second kappa shape index (κ2) is 6.00. The zero-order valence-corrected chi connectivity index (χ0v) is 10.7. The van der Waals surface area contributed by atoms with Crippen LogP contribution in [0.15, 0.2) is 18.3 Å². The smallest absolute Gasteiger partial charge is 0.274 e. The van der Waals surface area contributed by atoms with E-state index in [9.17, 15) is 14.7 Å². The zero-order chi connectivity index (χ0) is 13.7.